The van der Waals surface area contributed by atoms with Crippen molar-refractivity contribution in [3.8, 4) is 0 Å². The summed E-state index contributed by atoms with van der Waals surface area (Å²) in [6.07, 6.45) is 0. The Morgan fingerprint density at radius 1 is 0.929 bits per heavy atom. The Labute approximate surface area is 177 Å². The van der Waals surface area contributed by atoms with Crippen LogP contribution >= 0.6 is 30.5 Å². The van der Waals surface area contributed by atoms with Crippen LogP contribution in [0.15, 0.2) is 72.3 Å². The van der Waals surface area contributed by atoms with Crippen LogP contribution in [0.3, 0.4) is 0 Å². The zero-order valence-electron chi connectivity index (χ0n) is 16.0. The second-order valence-corrected chi connectivity index (χ2v) is 10.2. The number of nitrogens with zero attached hydrogens (tertiary/aromatic N) is 1. The van der Waals surface area contributed by atoms with Gasteiger partial charge in [-0.15, -0.1) is 0 Å². The van der Waals surface area contributed by atoms with Crippen molar-refractivity contribution in [2.75, 3.05) is 32.7 Å². The molecule has 1 fully saturated rings. The number of hydrogen-bond donors (Lipinski definition) is 1. The van der Waals surface area contributed by atoms with E-state index in [2.05, 4.69) is 6.92 Å². The fraction of sp³-hybridized carbons (Fsp3) is 0.273. The van der Waals surface area contributed by atoms with E-state index in [4.69, 9.17) is 23.2 Å². The summed E-state index contributed by atoms with van der Waals surface area (Å²) in [5.41, 5.74) is 1.71. The van der Waals surface area contributed by atoms with Crippen LogP contribution in [0.5, 0.6) is 0 Å². The molecule has 1 aliphatic rings. The Balaban J connectivity index is 1.97. The van der Waals surface area contributed by atoms with E-state index in [1.807, 2.05) is 65.3 Å². The molecule has 3 nitrogen and oxygen atoms in total. The molecule has 1 N–H and O–H groups in total. The van der Waals surface area contributed by atoms with Gasteiger partial charge in [-0.25, -0.2) is 4.67 Å². The monoisotopic (exact) mass is 435 g/mol. The third-order valence-electron chi connectivity index (χ3n) is 5.08. The van der Waals surface area contributed by atoms with Crippen molar-refractivity contribution >= 4 is 40.6 Å². The summed E-state index contributed by atoms with van der Waals surface area (Å²) in [5, 5.41) is 0.978. The minimum atomic E-state index is -3.04. The molecule has 1 aliphatic heterocycles. The maximum absolute atomic E-state index is 14.1. The Morgan fingerprint density at radius 3 is 1.75 bits per heavy atom. The summed E-state index contributed by atoms with van der Waals surface area (Å²) in [4.78, 5) is 1.53. The molecule has 28 heavy (non-hydrogen) atoms. The van der Waals surface area contributed by atoms with Gasteiger partial charge in [0.25, 0.3) is 0 Å². The van der Waals surface area contributed by atoms with Gasteiger partial charge < -0.3 is 4.90 Å². The van der Waals surface area contributed by atoms with Crippen molar-refractivity contribution < 1.29 is 9.46 Å². The number of likely N-dealkylation sites (N-methyl/N-ethyl adjacent to an activating group) is 1. The van der Waals surface area contributed by atoms with Crippen molar-refractivity contribution in [1.82, 2.24) is 4.67 Å². The number of piperazine rings is 1. The minimum Gasteiger partial charge on any atom is -0.333 e. The zero-order chi connectivity index (χ0) is 20.0. The van der Waals surface area contributed by atoms with E-state index in [-0.39, 0.29) is 0 Å². The summed E-state index contributed by atoms with van der Waals surface area (Å²) in [6.45, 7) is 6.71. The first-order valence-corrected chi connectivity index (χ1v) is 12.1. The first kappa shape index (κ1) is 21.4. The normalized spacial score (nSPS) is 17.7. The predicted molar refractivity (Wildman–Crippen MR) is 121 cm³/mol. The Hall–Kier alpha value is -1.35. The van der Waals surface area contributed by atoms with E-state index >= 15 is 0 Å². The smallest absolute Gasteiger partial charge is 0.196 e. The minimum absolute atomic E-state index is 0.489. The Kier molecular flexibility index (Phi) is 7.56. The first-order valence-electron chi connectivity index (χ1n) is 9.58. The standard InChI is InChI=1S/C22H25Cl2N2OP/c1-2-25-13-15-26(16-14-25)28(27,17-21(23)19-9-5-3-6-10-19)18-22(24)20-11-7-4-8-12-20/h3-12,17-18H,2,13-16H2,1H3/p+1/b21-17-,22-18-. The molecule has 6 heteroatoms. The molecule has 0 bridgehead atoms. The van der Waals surface area contributed by atoms with Crippen LogP contribution in [0.4, 0.5) is 0 Å². The average molecular weight is 436 g/mol. The third kappa shape index (κ3) is 5.37. The highest BCUT2D eigenvalue weighted by Gasteiger charge is 2.32. The van der Waals surface area contributed by atoms with Gasteiger partial charge in [-0.1, -0.05) is 83.9 Å². The lowest BCUT2D eigenvalue weighted by molar-refractivity contribution is -0.901. The summed E-state index contributed by atoms with van der Waals surface area (Å²) >= 11 is 13.2. The number of benzene rings is 2. The molecular weight excluding hydrogens is 410 g/mol. The summed E-state index contributed by atoms with van der Waals surface area (Å²) in [7, 11) is -3.04. The highest BCUT2D eigenvalue weighted by molar-refractivity contribution is 7.68. The predicted octanol–water partition coefficient (Wildman–Crippen LogP) is 4.96. The fourth-order valence-corrected chi connectivity index (χ4v) is 6.61. The average Bonchev–Trinajstić information content (AvgIpc) is 2.75. The van der Waals surface area contributed by atoms with Crippen LogP contribution in [-0.2, 0) is 4.57 Å². The SMILES string of the molecule is CC[NH+]1CCN(P(=O)(/C=C(\Cl)c2ccccc2)/C=C(\Cl)c2ccccc2)CC1. The summed E-state index contributed by atoms with van der Waals surface area (Å²) in [6, 6.07) is 19.3. The largest absolute Gasteiger partial charge is 0.333 e. The van der Waals surface area contributed by atoms with Gasteiger partial charge in [-0.3, -0.25) is 4.57 Å². The second kappa shape index (κ2) is 9.91. The number of hydrogen-bond acceptors (Lipinski definition) is 1. The molecule has 1 saturated heterocycles. The van der Waals surface area contributed by atoms with Gasteiger partial charge in [0.2, 0.25) is 0 Å². The third-order valence-corrected chi connectivity index (χ3v) is 8.58. The zero-order valence-corrected chi connectivity index (χ0v) is 18.4. The summed E-state index contributed by atoms with van der Waals surface area (Å²) in [5.74, 6) is 3.40. The Morgan fingerprint density at radius 2 is 1.36 bits per heavy atom. The molecule has 0 saturated carbocycles. The Bertz CT molecular complexity index is 816. The van der Waals surface area contributed by atoms with Gasteiger partial charge in [0.1, 0.15) is 0 Å². The van der Waals surface area contributed by atoms with Crippen molar-refractivity contribution in [2.45, 2.75) is 6.92 Å². The van der Waals surface area contributed by atoms with Gasteiger partial charge in [0.05, 0.1) is 42.8 Å². The lowest BCUT2D eigenvalue weighted by Gasteiger charge is -2.34. The van der Waals surface area contributed by atoms with E-state index in [0.717, 1.165) is 43.9 Å². The van der Waals surface area contributed by atoms with E-state index in [1.54, 1.807) is 11.6 Å². The number of halogens is 2. The molecular formula is C22H26Cl2N2OP+. The number of rotatable bonds is 6. The molecule has 0 spiro atoms. The van der Waals surface area contributed by atoms with Crippen LogP contribution in [0.1, 0.15) is 18.1 Å². The molecule has 1 heterocycles. The topological polar surface area (TPSA) is 24.8 Å². The van der Waals surface area contributed by atoms with E-state index in [0.29, 0.717) is 10.1 Å². The maximum Gasteiger partial charge on any atom is 0.196 e. The number of nitrogens with one attached hydrogen (secondary N) is 1. The van der Waals surface area contributed by atoms with Gasteiger partial charge in [0, 0.05) is 11.6 Å². The molecule has 0 aromatic heterocycles. The molecule has 0 aliphatic carbocycles. The maximum atomic E-state index is 14.1. The first-order chi connectivity index (χ1) is 13.5. The molecule has 2 aromatic rings. The molecule has 0 unspecified atom stereocenters. The lowest BCUT2D eigenvalue weighted by Crippen LogP contribution is -3.14. The van der Waals surface area contributed by atoms with E-state index in [1.165, 1.54) is 4.90 Å². The lowest BCUT2D eigenvalue weighted by atomic mass is 10.2. The number of quaternary nitrogens is 1. The van der Waals surface area contributed by atoms with Gasteiger partial charge >= 0.3 is 0 Å². The molecule has 148 valence electrons. The van der Waals surface area contributed by atoms with Crippen LogP contribution < -0.4 is 4.90 Å². The van der Waals surface area contributed by atoms with Crippen LogP contribution in [0.2, 0.25) is 0 Å². The molecule has 0 radical (unpaired) electrons. The van der Waals surface area contributed by atoms with Gasteiger partial charge in [0.15, 0.2) is 7.29 Å². The van der Waals surface area contributed by atoms with Crippen LogP contribution in [-0.4, -0.2) is 37.4 Å². The molecule has 3 rings (SSSR count). The second-order valence-electron chi connectivity index (χ2n) is 6.92. The summed E-state index contributed by atoms with van der Waals surface area (Å²) < 4.78 is 16.2. The van der Waals surface area contributed by atoms with Crippen LogP contribution in [0.25, 0.3) is 10.1 Å². The van der Waals surface area contributed by atoms with Gasteiger partial charge in [-0.05, 0) is 18.1 Å². The highest BCUT2D eigenvalue weighted by atomic mass is 35.5. The molecule has 2 aromatic carbocycles. The van der Waals surface area contributed by atoms with Crippen molar-refractivity contribution in [2.24, 2.45) is 0 Å². The van der Waals surface area contributed by atoms with E-state index < -0.39 is 7.29 Å². The fourth-order valence-electron chi connectivity index (χ4n) is 3.35. The highest BCUT2D eigenvalue weighted by Crippen LogP contribution is 2.56. The van der Waals surface area contributed by atoms with E-state index in [9.17, 15) is 4.57 Å². The molecule has 0 atom stereocenters. The van der Waals surface area contributed by atoms with Gasteiger partial charge in [-0.2, -0.15) is 0 Å². The molecule has 0 amide bonds. The van der Waals surface area contributed by atoms with Crippen LogP contribution in [0, 0.1) is 0 Å². The quantitative estimate of drug-likeness (QED) is 0.648. The van der Waals surface area contributed by atoms with Crippen molar-refractivity contribution in [1.29, 1.82) is 0 Å². The van der Waals surface area contributed by atoms with Crippen molar-refractivity contribution in [3.63, 3.8) is 0 Å². The van der Waals surface area contributed by atoms with Crippen molar-refractivity contribution in [3.05, 3.63) is 83.4 Å².